The number of carboxylic acids is 1. The summed E-state index contributed by atoms with van der Waals surface area (Å²) in [6.45, 7) is 2.42. The zero-order valence-electron chi connectivity index (χ0n) is 9.48. The summed E-state index contributed by atoms with van der Waals surface area (Å²) >= 11 is 0. The summed E-state index contributed by atoms with van der Waals surface area (Å²) in [5, 5.41) is 20.6. The van der Waals surface area contributed by atoms with E-state index in [1.165, 1.54) is 0 Å². The van der Waals surface area contributed by atoms with Crippen molar-refractivity contribution in [3.8, 4) is 0 Å². The lowest BCUT2D eigenvalue weighted by Crippen LogP contribution is -2.27. The monoisotopic (exact) mass is 229 g/mol. The highest BCUT2D eigenvalue weighted by Gasteiger charge is 2.48. The molecule has 0 aromatic carbocycles. The number of amides is 1. The molecule has 1 aliphatic carbocycles. The van der Waals surface area contributed by atoms with Gasteiger partial charge in [-0.3, -0.25) is 9.59 Å². The molecule has 5 heteroatoms. The van der Waals surface area contributed by atoms with Crippen molar-refractivity contribution in [2.24, 2.45) is 11.8 Å². The molecule has 1 rings (SSSR count). The molecule has 1 fully saturated rings. The van der Waals surface area contributed by atoms with Crippen molar-refractivity contribution in [2.75, 3.05) is 6.54 Å². The second-order valence-electron chi connectivity index (χ2n) is 4.28. The van der Waals surface area contributed by atoms with Crippen LogP contribution in [0.1, 0.15) is 32.6 Å². The zero-order chi connectivity index (χ0) is 12.1. The van der Waals surface area contributed by atoms with Gasteiger partial charge in [0.25, 0.3) is 0 Å². The van der Waals surface area contributed by atoms with Crippen molar-refractivity contribution < 1.29 is 19.8 Å². The summed E-state index contributed by atoms with van der Waals surface area (Å²) in [6.07, 6.45) is 2.27. The highest BCUT2D eigenvalue weighted by atomic mass is 16.4. The molecular formula is C11H19NO4. The minimum Gasteiger partial charge on any atom is -0.481 e. The van der Waals surface area contributed by atoms with Crippen LogP contribution < -0.4 is 5.32 Å². The molecule has 5 nitrogen and oxygen atoms in total. The molecular weight excluding hydrogens is 210 g/mol. The minimum atomic E-state index is -0.887. The maximum atomic E-state index is 11.4. The molecule has 0 aromatic rings. The number of carbonyl (C=O) groups excluding carboxylic acids is 1. The second-order valence-corrected chi connectivity index (χ2v) is 4.28. The molecule has 3 unspecified atom stereocenters. The predicted molar refractivity (Wildman–Crippen MR) is 57.8 cm³/mol. The fraction of sp³-hybridized carbons (Fsp3) is 0.818. The Morgan fingerprint density at radius 2 is 2.12 bits per heavy atom. The molecule has 16 heavy (non-hydrogen) atoms. The van der Waals surface area contributed by atoms with Crippen LogP contribution in [0.4, 0.5) is 0 Å². The number of carbonyl (C=O) groups is 2. The van der Waals surface area contributed by atoms with Crippen molar-refractivity contribution in [2.45, 2.75) is 38.7 Å². The summed E-state index contributed by atoms with van der Waals surface area (Å²) in [4.78, 5) is 21.9. The first kappa shape index (κ1) is 13.0. The van der Waals surface area contributed by atoms with Gasteiger partial charge in [-0.15, -0.1) is 0 Å². The van der Waals surface area contributed by atoms with Gasteiger partial charge >= 0.3 is 5.97 Å². The Bertz CT molecular complexity index is 267. The minimum absolute atomic E-state index is 0.168. The molecule has 0 aromatic heterocycles. The Balaban J connectivity index is 2.06. The molecule has 0 heterocycles. The number of aliphatic hydroxyl groups excluding tert-OH is 1. The summed E-state index contributed by atoms with van der Waals surface area (Å²) in [5.74, 6) is -1.88. The standard InChI is InChI=1S/C11H19NO4/c1-2-7(13)4-3-5-12-10(14)8-6-9(8)11(15)16/h7-9,13H,2-6H2,1H3,(H,12,14)(H,15,16). The molecule has 1 saturated carbocycles. The lowest BCUT2D eigenvalue weighted by atomic mass is 10.1. The number of nitrogens with one attached hydrogen (secondary N) is 1. The van der Waals surface area contributed by atoms with Crippen molar-refractivity contribution in [3.05, 3.63) is 0 Å². The van der Waals surface area contributed by atoms with Crippen molar-refractivity contribution >= 4 is 11.9 Å². The summed E-state index contributed by atoms with van der Waals surface area (Å²) in [6, 6.07) is 0. The van der Waals surface area contributed by atoms with Gasteiger partial charge in [0, 0.05) is 6.54 Å². The smallest absolute Gasteiger partial charge is 0.307 e. The van der Waals surface area contributed by atoms with E-state index in [2.05, 4.69) is 5.32 Å². The van der Waals surface area contributed by atoms with E-state index < -0.39 is 11.9 Å². The number of aliphatic hydroxyl groups is 1. The van der Waals surface area contributed by atoms with Crippen molar-refractivity contribution in [3.63, 3.8) is 0 Å². The fourth-order valence-corrected chi connectivity index (χ4v) is 1.64. The predicted octanol–water partition coefficient (Wildman–Crippen LogP) is 0.374. The second kappa shape index (κ2) is 5.84. The Hall–Kier alpha value is -1.10. The van der Waals surface area contributed by atoms with Crippen LogP contribution in [-0.4, -0.2) is 34.7 Å². The normalized spacial score (nSPS) is 24.9. The first-order chi connectivity index (χ1) is 7.56. The number of carboxylic acid groups (broad SMARTS) is 1. The molecule has 0 spiro atoms. The van der Waals surface area contributed by atoms with Gasteiger partial charge in [-0.2, -0.15) is 0 Å². The van der Waals surface area contributed by atoms with E-state index in [9.17, 15) is 14.7 Å². The van der Waals surface area contributed by atoms with Crippen LogP contribution in [0.2, 0.25) is 0 Å². The molecule has 0 bridgehead atoms. The SMILES string of the molecule is CCC(O)CCCNC(=O)C1CC1C(=O)O. The Labute approximate surface area is 94.8 Å². The highest BCUT2D eigenvalue weighted by Crippen LogP contribution is 2.38. The zero-order valence-corrected chi connectivity index (χ0v) is 9.48. The molecule has 0 aliphatic heterocycles. The summed E-state index contributed by atoms with van der Waals surface area (Å²) in [5.41, 5.74) is 0. The Kier molecular flexibility index (Phi) is 4.73. The van der Waals surface area contributed by atoms with Crippen LogP contribution in [-0.2, 0) is 9.59 Å². The fourth-order valence-electron chi connectivity index (χ4n) is 1.64. The van der Waals surface area contributed by atoms with E-state index in [4.69, 9.17) is 5.11 Å². The van der Waals surface area contributed by atoms with Gasteiger partial charge in [-0.1, -0.05) is 6.92 Å². The third-order valence-corrected chi connectivity index (χ3v) is 2.93. The van der Waals surface area contributed by atoms with E-state index in [0.717, 1.165) is 12.8 Å². The number of aliphatic carboxylic acids is 1. The number of rotatable bonds is 7. The largest absolute Gasteiger partial charge is 0.481 e. The third kappa shape index (κ3) is 3.81. The summed E-state index contributed by atoms with van der Waals surface area (Å²) < 4.78 is 0. The topological polar surface area (TPSA) is 86.6 Å². The lowest BCUT2D eigenvalue weighted by Gasteiger charge is -2.07. The average Bonchev–Trinajstić information content (AvgIpc) is 3.03. The van der Waals surface area contributed by atoms with Gasteiger partial charge in [0.05, 0.1) is 17.9 Å². The van der Waals surface area contributed by atoms with Crippen LogP contribution in [0.5, 0.6) is 0 Å². The van der Waals surface area contributed by atoms with Gasteiger partial charge < -0.3 is 15.5 Å². The van der Waals surface area contributed by atoms with Crippen LogP contribution in [0.15, 0.2) is 0 Å². The maximum Gasteiger partial charge on any atom is 0.307 e. The maximum absolute atomic E-state index is 11.4. The van der Waals surface area contributed by atoms with Crippen LogP contribution in [0, 0.1) is 11.8 Å². The van der Waals surface area contributed by atoms with Gasteiger partial charge in [-0.25, -0.2) is 0 Å². The van der Waals surface area contributed by atoms with E-state index in [-0.39, 0.29) is 17.9 Å². The molecule has 1 amide bonds. The summed E-state index contributed by atoms with van der Waals surface area (Å²) in [7, 11) is 0. The van der Waals surface area contributed by atoms with Gasteiger partial charge in [0.1, 0.15) is 0 Å². The van der Waals surface area contributed by atoms with E-state index in [1.807, 2.05) is 6.92 Å². The third-order valence-electron chi connectivity index (χ3n) is 2.93. The van der Waals surface area contributed by atoms with Gasteiger partial charge in [-0.05, 0) is 25.7 Å². The number of hydrogen-bond acceptors (Lipinski definition) is 3. The quantitative estimate of drug-likeness (QED) is 0.551. The van der Waals surface area contributed by atoms with Gasteiger partial charge in [0.2, 0.25) is 5.91 Å². The van der Waals surface area contributed by atoms with Crippen LogP contribution >= 0.6 is 0 Å². The Morgan fingerprint density at radius 3 is 2.62 bits per heavy atom. The first-order valence-electron chi connectivity index (χ1n) is 5.74. The Morgan fingerprint density at radius 1 is 1.44 bits per heavy atom. The van der Waals surface area contributed by atoms with Crippen LogP contribution in [0.3, 0.4) is 0 Å². The van der Waals surface area contributed by atoms with Gasteiger partial charge in [0.15, 0.2) is 0 Å². The molecule has 3 N–H and O–H groups in total. The molecule has 0 saturated heterocycles. The van der Waals surface area contributed by atoms with Crippen molar-refractivity contribution in [1.29, 1.82) is 0 Å². The van der Waals surface area contributed by atoms with Crippen LogP contribution in [0.25, 0.3) is 0 Å². The van der Waals surface area contributed by atoms with E-state index >= 15 is 0 Å². The van der Waals surface area contributed by atoms with E-state index in [1.54, 1.807) is 0 Å². The molecule has 92 valence electrons. The molecule has 0 radical (unpaired) electrons. The number of hydrogen-bond donors (Lipinski definition) is 3. The average molecular weight is 229 g/mol. The van der Waals surface area contributed by atoms with E-state index in [0.29, 0.717) is 19.4 Å². The molecule has 3 atom stereocenters. The first-order valence-corrected chi connectivity index (χ1v) is 5.74. The lowest BCUT2D eigenvalue weighted by molar-refractivity contribution is -0.140. The molecule has 1 aliphatic rings. The van der Waals surface area contributed by atoms with Crippen molar-refractivity contribution in [1.82, 2.24) is 5.32 Å². The highest BCUT2D eigenvalue weighted by molar-refractivity contribution is 5.89.